The Morgan fingerprint density at radius 3 is 2.12 bits per heavy atom. The molecule has 0 amide bonds. The molecular weight excluding hydrogens is 469 g/mol. The number of carbonyl (C=O) groups excluding carboxylic acids is 1. The van der Waals surface area contributed by atoms with Crippen LogP contribution in [0.5, 0.6) is 0 Å². The van der Waals surface area contributed by atoms with Crippen molar-refractivity contribution in [3.05, 3.63) is 98.2 Å². The summed E-state index contributed by atoms with van der Waals surface area (Å²) in [6.07, 6.45) is 7.58. The van der Waals surface area contributed by atoms with Gasteiger partial charge in [0.1, 0.15) is 5.76 Å². The van der Waals surface area contributed by atoms with Gasteiger partial charge in [-0.3, -0.25) is 0 Å². The highest BCUT2D eigenvalue weighted by Crippen LogP contribution is 2.44. The summed E-state index contributed by atoms with van der Waals surface area (Å²) >= 11 is 12.2. The lowest BCUT2D eigenvalue weighted by atomic mass is 10.0. The number of halogens is 2. The van der Waals surface area contributed by atoms with Crippen molar-refractivity contribution >= 4 is 34.9 Å². The van der Waals surface area contributed by atoms with Gasteiger partial charge >= 0.3 is 5.97 Å². The molecule has 3 aliphatic rings. The first-order valence-corrected chi connectivity index (χ1v) is 12.6. The number of benzene rings is 2. The summed E-state index contributed by atoms with van der Waals surface area (Å²) in [5.41, 5.74) is 6.43. The van der Waals surface area contributed by atoms with Gasteiger partial charge in [0.25, 0.3) is 0 Å². The maximum atomic E-state index is 13.2. The molecule has 2 aromatic rings. The number of esters is 1. The van der Waals surface area contributed by atoms with E-state index in [-0.39, 0.29) is 0 Å². The molecule has 34 heavy (non-hydrogen) atoms. The quantitative estimate of drug-likeness (QED) is 0.329. The molecule has 6 heteroatoms. The first-order chi connectivity index (χ1) is 16.6. The summed E-state index contributed by atoms with van der Waals surface area (Å²) in [5, 5.41) is 1.22. The Labute approximate surface area is 210 Å². The Balaban J connectivity index is 1.61. The molecule has 5 rings (SSSR count). The molecule has 1 saturated heterocycles. The molecule has 2 aliphatic carbocycles. The van der Waals surface area contributed by atoms with Gasteiger partial charge in [0.15, 0.2) is 0 Å². The van der Waals surface area contributed by atoms with Crippen molar-refractivity contribution in [2.45, 2.75) is 32.1 Å². The van der Waals surface area contributed by atoms with Crippen LogP contribution in [0.25, 0.3) is 5.76 Å². The Bertz CT molecular complexity index is 1160. The maximum absolute atomic E-state index is 13.2. The van der Waals surface area contributed by atoms with E-state index < -0.39 is 5.97 Å². The van der Waals surface area contributed by atoms with E-state index in [2.05, 4.69) is 11.0 Å². The SMILES string of the molecule is O=C(OC(=C1CCC(C2=CCCC2)=C1N1CCOCC1)c1ccc(Cl)cc1)c1ccc(Cl)cc1. The summed E-state index contributed by atoms with van der Waals surface area (Å²) in [7, 11) is 0. The molecule has 1 aliphatic heterocycles. The largest absolute Gasteiger partial charge is 0.422 e. The summed E-state index contributed by atoms with van der Waals surface area (Å²) in [4.78, 5) is 15.6. The van der Waals surface area contributed by atoms with E-state index in [0.29, 0.717) is 34.6 Å². The minimum absolute atomic E-state index is 0.399. The molecule has 0 aromatic heterocycles. The number of carbonyl (C=O) groups is 1. The van der Waals surface area contributed by atoms with Gasteiger partial charge in [-0.25, -0.2) is 4.79 Å². The van der Waals surface area contributed by atoms with E-state index in [9.17, 15) is 4.79 Å². The smallest absolute Gasteiger partial charge is 0.343 e. The van der Waals surface area contributed by atoms with Gasteiger partial charge in [0.05, 0.1) is 18.8 Å². The normalized spacial score (nSPS) is 19.9. The topological polar surface area (TPSA) is 38.8 Å². The van der Waals surface area contributed by atoms with Crippen LogP contribution < -0.4 is 0 Å². The van der Waals surface area contributed by atoms with Gasteiger partial charge < -0.3 is 14.4 Å². The lowest BCUT2D eigenvalue weighted by Gasteiger charge is -2.32. The number of allylic oxidation sites excluding steroid dienone is 4. The van der Waals surface area contributed by atoms with Gasteiger partial charge in [-0.05, 0) is 91.8 Å². The van der Waals surface area contributed by atoms with Crippen molar-refractivity contribution in [3.8, 4) is 0 Å². The lowest BCUT2D eigenvalue weighted by Crippen LogP contribution is -2.36. The van der Waals surface area contributed by atoms with Crippen molar-refractivity contribution in [3.63, 3.8) is 0 Å². The van der Waals surface area contributed by atoms with Crippen LogP contribution in [-0.4, -0.2) is 37.2 Å². The third kappa shape index (κ3) is 4.95. The highest BCUT2D eigenvalue weighted by Gasteiger charge is 2.32. The second kappa shape index (κ2) is 10.4. The van der Waals surface area contributed by atoms with Crippen molar-refractivity contribution in [2.75, 3.05) is 26.3 Å². The highest BCUT2D eigenvalue weighted by molar-refractivity contribution is 6.31. The fourth-order valence-corrected chi connectivity index (χ4v) is 5.20. The first kappa shape index (κ1) is 23.2. The molecule has 176 valence electrons. The molecule has 0 N–H and O–H groups in total. The molecule has 0 atom stereocenters. The Morgan fingerprint density at radius 1 is 0.853 bits per heavy atom. The number of hydrogen-bond acceptors (Lipinski definition) is 4. The van der Waals surface area contributed by atoms with E-state index in [1.165, 1.54) is 23.3 Å². The van der Waals surface area contributed by atoms with Gasteiger partial charge in [-0.1, -0.05) is 29.3 Å². The van der Waals surface area contributed by atoms with E-state index in [1.807, 2.05) is 24.3 Å². The van der Waals surface area contributed by atoms with Gasteiger partial charge in [-0.15, -0.1) is 0 Å². The Morgan fingerprint density at radius 2 is 1.50 bits per heavy atom. The lowest BCUT2D eigenvalue weighted by molar-refractivity contribution is 0.0543. The molecule has 2 aromatic carbocycles. The van der Waals surface area contributed by atoms with Crippen LogP contribution in [0.3, 0.4) is 0 Å². The fraction of sp³-hybridized carbons (Fsp3) is 0.321. The van der Waals surface area contributed by atoms with E-state index in [0.717, 1.165) is 49.9 Å². The minimum Gasteiger partial charge on any atom is -0.422 e. The summed E-state index contributed by atoms with van der Waals surface area (Å²) in [6.45, 7) is 3.05. The standard InChI is InChI=1S/C28H27Cl2NO3/c29-22-9-5-20(6-10-22)27(34-28(32)21-7-11-23(30)12-8-21)25-14-13-24(19-3-1-2-4-19)26(25)31-15-17-33-18-16-31/h3,5-12H,1-2,4,13-18H2. The highest BCUT2D eigenvalue weighted by atomic mass is 35.5. The van der Waals surface area contributed by atoms with Crippen LogP contribution in [0.2, 0.25) is 10.0 Å². The van der Waals surface area contributed by atoms with E-state index >= 15 is 0 Å². The molecule has 4 nitrogen and oxygen atoms in total. The number of hydrogen-bond donors (Lipinski definition) is 0. The molecule has 0 radical (unpaired) electrons. The summed E-state index contributed by atoms with van der Waals surface area (Å²) in [6, 6.07) is 14.3. The van der Waals surface area contributed by atoms with Crippen molar-refractivity contribution in [2.24, 2.45) is 0 Å². The monoisotopic (exact) mass is 495 g/mol. The summed E-state index contributed by atoms with van der Waals surface area (Å²) < 4.78 is 11.8. The average molecular weight is 496 g/mol. The zero-order chi connectivity index (χ0) is 23.5. The zero-order valence-electron chi connectivity index (χ0n) is 19.0. The van der Waals surface area contributed by atoms with Gasteiger partial charge in [-0.2, -0.15) is 0 Å². The van der Waals surface area contributed by atoms with Gasteiger partial charge in [0, 0.05) is 40.0 Å². The van der Waals surface area contributed by atoms with Crippen LogP contribution in [0.15, 0.2) is 77.0 Å². The molecular formula is C28H27Cl2NO3. The maximum Gasteiger partial charge on any atom is 0.343 e. The van der Waals surface area contributed by atoms with Crippen molar-refractivity contribution in [1.29, 1.82) is 0 Å². The molecule has 0 unspecified atom stereocenters. The van der Waals surface area contributed by atoms with Crippen molar-refractivity contribution < 1.29 is 14.3 Å². The molecule has 0 spiro atoms. The Hall–Kier alpha value is -2.53. The second-order valence-corrected chi connectivity index (χ2v) is 9.63. The molecule has 1 heterocycles. The molecule has 0 saturated carbocycles. The fourth-order valence-electron chi connectivity index (χ4n) is 4.95. The third-order valence-corrected chi connectivity index (χ3v) is 7.11. The number of morpholine rings is 1. The Kier molecular flexibility index (Phi) is 7.10. The molecule has 0 bridgehead atoms. The van der Waals surface area contributed by atoms with Crippen molar-refractivity contribution in [1.82, 2.24) is 4.90 Å². The average Bonchev–Trinajstić information content (AvgIpc) is 3.54. The van der Waals surface area contributed by atoms with Crippen LogP contribution in [0.4, 0.5) is 0 Å². The predicted molar refractivity (Wildman–Crippen MR) is 136 cm³/mol. The van der Waals surface area contributed by atoms with E-state index in [1.54, 1.807) is 24.3 Å². The first-order valence-electron chi connectivity index (χ1n) is 11.8. The third-order valence-electron chi connectivity index (χ3n) is 6.61. The van der Waals surface area contributed by atoms with E-state index in [4.69, 9.17) is 32.7 Å². The van der Waals surface area contributed by atoms with Crippen LogP contribution in [0.1, 0.15) is 48.0 Å². The van der Waals surface area contributed by atoms with Gasteiger partial charge in [0.2, 0.25) is 0 Å². The number of nitrogens with zero attached hydrogens (tertiary/aromatic N) is 1. The predicted octanol–water partition coefficient (Wildman–Crippen LogP) is 7.05. The second-order valence-electron chi connectivity index (χ2n) is 8.76. The van der Waals surface area contributed by atoms with Crippen LogP contribution in [-0.2, 0) is 9.47 Å². The zero-order valence-corrected chi connectivity index (χ0v) is 20.5. The number of ether oxygens (including phenoxy) is 2. The molecule has 1 fully saturated rings. The minimum atomic E-state index is -0.399. The van der Waals surface area contributed by atoms with Crippen LogP contribution >= 0.6 is 23.2 Å². The number of rotatable bonds is 5. The summed E-state index contributed by atoms with van der Waals surface area (Å²) in [5.74, 6) is 0.204. The van der Waals surface area contributed by atoms with Crippen LogP contribution in [0, 0.1) is 0 Å².